The predicted octanol–water partition coefficient (Wildman–Crippen LogP) is 19.6. The molecule has 2 N–H and O–H groups in total. The van der Waals surface area contributed by atoms with Gasteiger partial charge in [-0.2, -0.15) is 0 Å². The molecule has 0 spiro atoms. The fourth-order valence-electron chi connectivity index (χ4n) is 10.8. The standard InChI is InChI=1S/C31H28N3O2.C31H28N3OS.2C5H8O2.2Ir/c1-16(2)20-8-7-9-21(17(3)4)27(20)26-14-25-30(35-26)28(33-15-32-25)24-13-18(5)12-23-22-11-10-19(6)34-31(22)36-29(23)24;1-16(2)20-8-7-9-21(17(3)4)27(20)26-14-25-30(36-26)28(33-15-32-25)24-13-18(5)12-23-22-11-10-19(6)34-31(22)35-29(23)24;2*1-4(6)3-5(2)7;;/h2*7-12,14-17H,1-6H3;2*3,6H,1-2H3;;/q2*-1;;;;. The Bertz CT molecular complexity index is 4270. The summed E-state index contributed by atoms with van der Waals surface area (Å²) in [4.78, 5) is 49.1. The molecule has 0 aliphatic rings. The summed E-state index contributed by atoms with van der Waals surface area (Å²) in [5.41, 5.74) is 19.8. The van der Waals surface area contributed by atoms with Crippen LogP contribution in [0.4, 0.5) is 0 Å². The zero-order valence-corrected chi connectivity index (χ0v) is 58.0. The summed E-state index contributed by atoms with van der Waals surface area (Å²) in [6, 6.07) is 36.8. The maximum atomic E-state index is 10.0. The van der Waals surface area contributed by atoms with Gasteiger partial charge < -0.3 is 23.5 Å². The summed E-state index contributed by atoms with van der Waals surface area (Å²) in [6.45, 7) is 31.6. The molecule has 0 atom stereocenters. The van der Waals surface area contributed by atoms with Crippen LogP contribution in [0.3, 0.4) is 0 Å². The molecule has 12 rings (SSSR count). The number of aromatic nitrogens is 6. The third-order valence-electron chi connectivity index (χ3n) is 14.4. The molecule has 0 fully saturated rings. The van der Waals surface area contributed by atoms with Crippen LogP contribution in [0.25, 0.3) is 110 Å². The summed E-state index contributed by atoms with van der Waals surface area (Å²) in [5.74, 6) is 2.24. The summed E-state index contributed by atoms with van der Waals surface area (Å²) >= 11 is 1.76. The minimum Gasteiger partial charge on any atom is -0.512 e. The fourth-order valence-corrected chi connectivity index (χ4v) is 12.0. The number of aliphatic hydroxyl groups excluding tert-OH is 2. The quantitative estimate of drug-likeness (QED) is 0.0747. The SMILES string of the molecule is CC(=O)C=C(C)O.CC(=O)C=C(C)O.Cc1[c-]c(-c2ncnc3cc(-c4c(C(C)C)cccc4C(C)C)oc23)c2oc3nc(C)ccc3c2c1.Cc1[c-]c(-c2ncnc3cc(-c4c(C(C)C)cccc4C(C)C)sc23)c2oc3nc(C)ccc3c2c1.[Ir].[Ir]. The van der Waals surface area contributed by atoms with Crippen molar-refractivity contribution < 1.29 is 73.3 Å². The van der Waals surface area contributed by atoms with Crippen molar-refractivity contribution in [2.75, 3.05) is 0 Å². The Morgan fingerprint density at radius 2 is 0.920 bits per heavy atom. The molecule has 8 aromatic heterocycles. The van der Waals surface area contributed by atoms with E-state index in [4.69, 9.17) is 28.4 Å². The normalized spacial score (nSPS) is 11.7. The molecule has 12 aromatic rings. The summed E-state index contributed by atoms with van der Waals surface area (Å²) in [6.07, 6.45) is 5.57. The van der Waals surface area contributed by atoms with Gasteiger partial charge in [0.1, 0.15) is 29.5 Å². The van der Waals surface area contributed by atoms with Gasteiger partial charge in [-0.25, -0.2) is 19.9 Å². The van der Waals surface area contributed by atoms with Gasteiger partial charge in [-0.15, -0.1) is 46.7 Å². The number of hydrogen-bond donors (Lipinski definition) is 2. The monoisotopic (exact) mass is 1550 g/mol. The predicted molar refractivity (Wildman–Crippen MR) is 348 cm³/mol. The molecule has 13 nitrogen and oxygen atoms in total. The molecular formula is C72H72Ir2N6O7S-2. The third kappa shape index (κ3) is 14.7. The van der Waals surface area contributed by atoms with Gasteiger partial charge in [0.25, 0.3) is 0 Å². The van der Waals surface area contributed by atoms with Crippen molar-refractivity contribution in [1.29, 1.82) is 0 Å². The summed E-state index contributed by atoms with van der Waals surface area (Å²) in [7, 11) is 0. The molecule has 0 unspecified atom stereocenters. The number of rotatable bonds is 10. The van der Waals surface area contributed by atoms with Crippen molar-refractivity contribution in [2.45, 2.75) is 134 Å². The molecule has 0 aliphatic heterocycles. The average Bonchev–Trinajstić information content (AvgIpc) is 2.44. The van der Waals surface area contributed by atoms with Gasteiger partial charge in [0, 0.05) is 107 Å². The van der Waals surface area contributed by atoms with Gasteiger partial charge in [0.2, 0.25) is 11.4 Å². The molecule has 458 valence electrons. The van der Waals surface area contributed by atoms with Gasteiger partial charge in [0.15, 0.2) is 11.6 Å². The van der Waals surface area contributed by atoms with Crippen LogP contribution in [0.15, 0.2) is 135 Å². The number of ketones is 2. The zero-order valence-electron chi connectivity index (χ0n) is 52.4. The van der Waals surface area contributed by atoms with Crippen molar-refractivity contribution in [3.8, 4) is 44.3 Å². The molecule has 8 heterocycles. The number of benzene rings is 4. The van der Waals surface area contributed by atoms with Crippen molar-refractivity contribution in [3.05, 3.63) is 178 Å². The summed E-state index contributed by atoms with van der Waals surface area (Å²) < 4.78 is 20.2. The molecule has 0 saturated carbocycles. The number of fused-ring (bicyclic) bond motifs is 8. The Labute approximate surface area is 544 Å². The Kier molecular flexibility index (Phi) is 21.9. The van der Waals surface area contributed by atoms with E-state index in [1.165, 1.54) is 72.5 Å². The van der Waals surface area contributed by atoms with Gasteiger partial charge in [0.05, 0.1) is 28.2 Å². The fraction of sp³-hybridized carbons (Fsp3) is 0.278. The molecule has 16 heteroatoms. The van der Waals surface area contributed by atoms with E-state index in [0.717, 1.165) is 93.5 Å². The summed E-state index contributed by atoms with van der Waals surface area (Å²) in [5, 5.41) is 20.8. The first-order chi connectivity index (χ1) is 40.9. The van der Waals surface area contributed by atoms with E-state index in [9.17, 15) is 9.59 Å². The second-order valence-corrected chi connectivity index (χ2v) is 24.1. The molecular weight excluding hydrogens is 1480 g/mol. The number of pyridine rings is 2. The van der Waals surface area contributed by atoms with Gasteiger partial charge in [-0.3, -0.25) is 19.6 Å². The Morgan fingerprint density at radius 1 is 0.500 bits per heavy atom. The molecule has 0 saturated heterocycles. The van der Waals surface area contributed by atoms with Crippen LogP contribution in [-0.2, 0) is 49.8 Å². The van der Waals surface area contributed by atoms with Crippen molar-refractivity contribution in [3.63, 3.8) is 0 Å². The van der Waals surface area contributed by atoms with Gasteiger partial charge in [-0.05, 0) is 123 Å². The maximum Gasteiger partial charge on any atom is 0.216 e. The van der Waals surface area contributed by atoms with Crippen LogP contribution in [0.2, 0.25) is 0 Å². The number of carbonyl (C=O) groups is 2. The Balaban J connectivity index is 0.000000203. The number of hydrogen-bond acceptors (Lipinski definition) is 14. The van der Waals surface area contributed by atoms with E-state index in [1.54, 1.807) is 24.0 Å². The van der Waals surface area contributed by atoms with Crippen molar-refractivity contribution in [2.24, 2.45) is 0 Å². The minimum absolute atomic E-state index is 0. The van der Waals surface area contributed by atoms with E-state index in [-0.39, 0.29) is 63.3 Å². The van der Waals surface area contributed by atoms with Crippen LogP contribution in [0.5, 0.6) is 0 Å². The molecule has 0 bridgehead atoms. The first-order valence-corrected chi connectivity index (χ1v) is 29.7. The Morgan fingerprint density at radius 3 is 1.34 bits per heavy atom. The van der Waals surface area contributed by atoms with E-state index in [1.807, 2.05) is 39.0 Å². The topological polar surface area (TPSA) is 191 Å². The van der Waals surface area contributed by atoms with Crippen LogP contribution in [-0.4, -0.2) is 51.7 Å². The Hall–Kier alpha value is -7.84. The largest absolute Gasteiger partial charge is 0.512 e. The zero-order chi connectivity index (χ0) is 62.0. The van der Waals surface area contributed by atoms with E-state index < -0.39 is 0 Å². The van der Waals surface area contributed by atoms with Gasteiger partial charge in [-0.1, -0.05) is 128 Å². The van der Waals surface area contributed by atoms with E-state index in [2.05, 4.69) is 166 Å². The molecule has 0 aliphatic carbocycles. The van der Waals surface area contributed by atoms with Crippen molar-refractivity contribution in [1.82, 2.24) is 29.9 Å². The molecule has 4 aromatic carbocycles. The molecule has 2 radical (unpaired) electrons. The van der Waals surface area contributed by atoms with Crippen LogP contribution >= 0.6 is 11.3 Å². The van der Waals surface area contributed by atoms with Crippen LogP contribution in [0.1, 0.15) is 152 Å². The van der Waals surface area contributed by atoms with Crippen LogP contribution in [0, 0.1) is 39.8 Å². The smallest absolute Gasteiger partial charge is 0.216 e. The van der Waals surface area contributed by atoms with E-state index >= 15 is 0 Å². The molecule has 88 heavy (non-hydrogen) atoms. The second-order valence-electron chi connectivity index (χ2n) is 23.1. The number of furan rings is 3. The third-order valence-corrected chi connectivity index (χ3v) is 15.6. The number of carbonyl (C=O) groups excluding carboxylic acids is 2. The number of thiophene rings is 1. The van der Waals surface area contributed by atoms with E-state index in [0.29, 0.717) is 52.0 Å². The first kappa shape index (κ1) is 67.7. The number of allylic oxidation sites excluding steroid dienone is 4. The minimum atomic E-state index is -0.125. The second kappa shape index (κ2) is 28.5. The number of aliphatic hydroxyl groups is 2. The van der Waals surface area contributed by atoms with Crippen molar-refractivity contribution >= 4 is 88.4 Å². The number of nitrogens with zero attached hydrogens (tertiary/aromatic N) is 6. The van der Waals surface area contributed by atoms with Gasteiger partial charge >= 0.3 is 0 Å². The molecule has 0 amide bonds. The first-order valence-electron chi connectivity index (χ1n) is 28.9. The maximum absolute atomic E-state index is 10.0. The number of aryl methyl sites for hydroxylation is 4. The average molecular weight is 1550 g/mol. The van der Waals surface area contributed by atoms with Crippen LogP contribution < -0.4 is 0 Å².